The van der Waals surface area contributed by atoms with Gasteiger partial charge in [0.15, 0.2) is 0 Å². The third kappa shape index (κ3) is 2.35. The smallest absolute Gasteiger partial charge is 0.137 e. The maximum atomic E-state index is 13.5. The fourth-order valence-electron chi connectivity index (χ4n) is 3.87. The molecule has 4 unspecified atom stereocenters. The molecule has 2 saturated carbocycles. The number of fused-ring (bicyclic) bond motifs is 2. The molecule has 18 heavy (non-hydrogen) atoms. The molecule has 2 fully saturated rings. The van der Waals surface area contributed by atoms with E-state index in [9.17, 15) is 4.39 Å². The molecular formula is C15H19BrFN. The molecule has 1 aromatic carbocycles. The van der Waals surface area contributed by atoms with Gasteiger partial charge in [-0.2, -0.15) is 0 Å². The molecule has 0 saturated heterocycles. The Morgan fingerprint density at radius 1 is 1.33 bits per heavy atom. The molecule has 3 rings (SSSR count). The number of nitrogens with two attached hydrogens (primary N) is 1. The van der Waals surface area contributed by atoms with Crippen molar-refractivity contribution in [3.05, 3.63) is 34.1 Å². The Morgan fingerprint density at radius 3 is 2.78 bits per heavy atom. The van der Waals surface area contributed by atoms with Crippen LogP contribution < -0.4 is 5.73 Å². The first-order valence-electron chi connectivity index (χ1n) is 6.84. The van der Waals surface area contributed by atoms with Crippen molar-refractivity contribution < 1.29 is 4.39 Å². The maximum absolute atomic E-state index is 13.5. The Bertz CT molecular complexity index is 448. The summed E-state index contributed by atoms with van der Waals surface area (Å²) in [6, 6.07) is 5.25. The van der Waals surface area contributed by atoms with Crippen molar-refractivity contribution in [3.63, 3.8) is 0 Å². The highest BCUT2D eigenvalue weighted by Gasteiger charge is 2.39. The van der Waals surface area contributed by atoms with Crippen LogP contribution in [-0.4, -0.2) is 0 Å². The normalized spacial score (nSPS) is 31.8. The van der Waals surface area contributed by atoms with E-state index in [1.807, 2.05) is 6.07 Å². The average molecular weight is 312 g/mol. The Morgan fingerprint density at radius 2 is 2.17 bits per heavy atom. The molecule has 2 bridgehead atoms. The quantitative estimate of drug-likeness (QED) is 0.879. The molecule has 1 aromatic rings. The van der Waals surface area contributed by atoms with Gasteiger partial charge in [0.2, 0.25) is 0 Å². The fourth-order valence-corrected chi connectivity index (χ4v) is 4.12. The number of benzene rings is 1. The second kappa shape index (κ2) is 4.93. The summed E-state index contributed by atoms with van der Waals surface area (Å²) >= 11 is 3.18. The molecule has 0 spiro atoms. The predicted molar refractivity (Wildman–Crippen MR) is 74.6 cm³/mol. The van der Waals surface area contributed by atoms with Crippen LogP contribution in [0.25, 0.3) is 0 Å². The van der Waals surface area contributed by atoms with E-state index >= 15 is 0 Å². The summed E-state index contributed by atoms with van der Waals surface area (Å²) in [7, 11) is 0. The lowest BCUT2D eigenvalue weighted by Gasteiger charge is -2.25. The first-order valence-corrected chi connectivity index (χ1v) is 7.63. The van der Waals surface area contributed by atoms with Crippen molar-refractivity contribution in [1.82, 2.24) is 0 Å². The van der Waals surface area contributed by atoms with E-state index in [4.69, 9.17) is 5.73 Å². The molecule has 0 amide bonds. The van der Waals surface area contributed by atoms with Crippen LogP contribution in [0.15, 0.2) is 22.7 Å². The average Bonchev–Trinajstić information content (AvgIpc) is 2.94. The second-order valence-corrected chi connectivity index (χ2v) is 6.81. The van der Waals surface area contributed by atoms with Crippen LogP contribution in [0.5, 0.6) is 0 Å². The lowest BCUT2D eigenvalue weighted by molar-refractivity contribution is 0.296. The van der Waals surface area contributed by atoms with Crippen LogP contribution in [0.3, 0.4) is 0 Å². The highest BCUT2D eigenvalue weighted by atomic mass is 79.9. The highest BCUT2D eigenvalue weighted by Crippen LogP contribution is 2.50. The lowest BCUT2D eigenvalue weighted by atomic mass is 9.83. The van der Waals surface area contributed by atoms with E-state index in [0.29, 0.717) is 4.47 Å². The summed E-state index contributed by atoms with van der Waals surface area (Å²) in [4.78, 5) is 0. The molecule has 0 heterocycles. The molecule has 2 aliphatic carbocycles. The van der Waals surface area contributed by atoms with Gasteiger partial charge in [-0.1, -0.05) is 12.5 Å². The molecule has 4 atom stereocenters. The van der Waals surface area contributed by atoms with E-state index in [2.05, 4.69) is 15.9 Å². The molecule has 98 valence electrons. The molecular weight excluding hydrogens is 293 g/mol. The van der Waals surface area contributed by atoms with Crippen LogP contribution in [0.4, 0.5) is 4.39 Å². The summed E-state index contributed by atoms with van der Waals surface area (Å²) in [5, 5.41) is 0. The van der Waals surface area contributed by atoms with Crippen molar-refractivity contribution in [2.45, 2.75) is 38.1 Å². The second-order valence-electron chi connectivity index (χ2n) is 5.95. The lowest BCUT2D eigenvalue weighted by Crippen LogP contribution is -2.19. The first kappa shape index (κ1) is 12.6. The third-order valence-corrected chi connectivity index (χ3v) is 5.46. The van der Waals surface area contributed by atoms with Crippen molar-refractivity contribution in [2.75, 3.05) is 0 Å². The van der Waals surface area contributed by atoms with Crippen LogP contribution >= 0.6 is 15.9 Å². The maximum Gasteiger partial charge on any atom is 0.137 e. The van der Waals surface area contributed by atoms with Gasteiger partial charge in [0, 0.05) is 6.04 Å². The number of halogens is 2. The van der Waals surface area contributed by atoms with Crippen LogP contribution in [0, 0.1) is 23.6 Å². The van der Waals surface area contributed by atoms with Crippen molar-refractivity contribution in [3.8, 4) is 0 Å². The number of hydrogen-bond donors (Lipinski definition) is 1. The zero-order chi connectivity index (χ0) is 12.7. The number of hydrogen-bond acceptors (Lipinski definition) is 1. The Labute approximate surface area is 116 Å². The molecule has 2 N–H and O–H groups in total. The van der Waals surface area contributed by atoms with E-state index in [1.165, 1.54) is 25.7 Å². The van der Waals surface area contributed by atoms with Crippen LogP contribution in [-0.2, 0) is 0 Å². The van der Waals surface area contributed by atoms with Crippen molar-refractivity contribution in [2.24, 2.45) is 23.5 Å². The van der Waals surface area contributed by atoms with Gasteiger partial charge >= 0.3 is 0 Å². The summed E-state index contributed by atoms with van der Waals surface area (Å²) in [5.74, 6) is 2.40. The minimum absolute atomic E-state index is 0.0167. The largest absolute Gasteiger partial charge is 0.324 e. The molecule has 0 aromatic heterocycles. The van der Waals surface area contributed by atoms with Gasteiger partial charge in [0.25, 0.3) is 0 Å². The topological polar surface area (TPSA) is 26.0 Å². The van der Waals surface area contributed by atoms with Gasteiger partial charge < -0.3 is 5.73 Å². The molecule has 1 nitrogen and oxygen atoms in total. The predicted octanol–water partition coefficient (Wildman–Crippen LogP) is 4.41. The van der Waals surface area contributed by atoms with Crippen molar-refractivity contribution in [1.29, 1.82) is 0 Å². The Balaban J connectivity index is 1.67. The monoisotopic (exact) mass is 311 g/mol. The van der Waals surface area contributed by atoms with Gasteiger partial charge in [-0.3, -0.25) is 0 Å². The van der Waals surface area contributed by atoms with E-state index < -0.39 is 0 Å². The molecule has 0 radical (unpaired) electrons. The third-order valence-electron chi connectivity index (χ3n) is 4.81. The molecule has 0 aliphatic heterocycles. The van der Waals surface area contributed by atoms with E-state index in [-0.39, 0.29) is 11.9 Å². The zero-order valence-corrected chi connectivity index (χ0v) is 12.0. The summed E-state index contributed by atoms with van der Waals surface area (Å²) < 4.78 is 14.0. The van der Waals surface area contributed by atoms with Crippen LogP contribution in [0.2, 0.25) is 0 Å². The minimum atomic E-state index is -0.212. The molecule has 2 aliphatic rings. The van der Waals surface area contributed by atoms with Crippen LogP contribution in [0.1, 0.15) is 43.7 Å². The highest BCUT2D eigenvalue weighted by molar-refractivity contribution is 9.10. The van der Waals surface area contributed by atoms with E-state index in [0.717, 1.165) is 29.7 Å². The summed E-state index contributed by atoms with van der Waals surface area (Å²) in [6.07, 6.45) is 6.58. The van der Waals surface area contributed by atoms with Gasteiger partial charge in [0.05, 0.1) is 4.47 Å². The van der Waals surface area contributed by atoms with Gasteiger partial charge in [-0.05, 0) is 77.1 Å². The minimum Gasteiger partial charge on any atom is -0.324 e. The Hall–Kier alpha value is -0.410. The molecule has 3 heteroatoms. The summed E-state index contributed by atoms with van der Waals surface area (Å²) in [5.41, 5.74) is 7.17. The van der Waals surface area contributed by atoms with Crippen molar-refractivity contribution >= 4 is 15.9 Å². The van der Waals surface area contributed by atoms with E-state index in [1.54, 1.807) is 12.1 Å². The summed E-state index contributed by atoms with van der Waals surface area (Å²) in [6.45, 7) is 0. The van der Waals surface area contributed by atoms with Gasteiger partial charge in [-0.15, -0.1) is 0 Å². The zero-order valence-electron chi connectivity index (χ0n) is 10.4. The van der Waals surface area contributed by atoms with Gasteiger partial charge in [-0.25, -0.2) is 4.39 Å². The number of rotatable bonds is 3. The van der Waals surface area contributed by atoms with Gasteiger partial charge in [0.1, 0.15) is 5.82 Å². The SMILES string of the molecule is NC(CC1CC2CCC1C2)c1ccc(Br)c(F)c1. The Kier molecular flexibility index (Phi) is 3.46. The standard InChI is InChI=1S/C15H19BrFN/c16-13-4-3-11(7-14(13)17)15(18)8-12-6-9-1-2-10(12)5-9/h3-4,7,9-10,12,15H,1-2,5-6,8,18H2. The first-order chi connectivity index (χ1) is 8.63. The fraction of sp³-hybridized carbons (Fsp3) is 0.600.